The molecule has 2 rings (SSSR count). The van der Waals surface area contributed by atoms with Crippen LogP contribution < -0.4 is 5.11 Å². The molecule has 112 valence electrons. The lowest BCUT2D eigenvalue weighted by Gasteiger charge is -2.41. The quantitative estimate of drug-likeness (QED) is 0.918. The summed E-state index contributed by atoms with van der Waals surface area (Å²) in [4.78, 5) is 10.6. The van der Waals surface area contributed by atoms with Gasteiger partial charge in [-0.1, -0.05) is 53.7 Å². The average Bonchev–Trinajstić information content (AvgIpc) is 2.20. The minimum absolute atomic E-state index is 0.0122. The van der Waals surface area contributed by atoms with E-state index in [-0.39, 0.29) is 23.2 Å². The first-order valence-corrected chi connectivity index (χ1v) is 6.96. The number of carboxylic acids is 1. The van der Waals surface area contributed by atoms with E-state index < -0.39 is 5.97 Å². The van der Waals surface area contributed by atoms with Gasteiger partial charge in [-0.15, -0.1) is 0 Å². The maximum atomic E-state index is 10.6. The molecule has 0 unspecified atom stereocenters. The first kappa shape index (κ1) is 16.5. The predicted molar refractivity (Wildman–Crippen MR) is 77.8 cm³/mol. The normalized spacial score (nSPS) is 12.8. The van der Waals surface area contributed by atoms with Crippen molar-refractivity contribution >= 4 is 5.97 Å². The number of phenols is 1. The third-order valence-electron chi connectivity index (χ3n) is 3.77. The summed E-state index contributed by atoms with van der Waals surface area (Å²) in [5, 5.41) is 21.5. The van der Waals surface area contributed by atoms with Crippen LogP contribution in [0.3, 0.4) is 0 Å². The van der Waals surface area contributed by atoms with E-state index >= 15 is 0 Å². The Hall–Kier alpha value is -1.51. The van der Waals surface area contributed by atoms with Crippen LogP contribution in [-0.4, -0.2) is 11.1 Å². The molecule has 0 aromatic heterocycles. The van der Waals surface area contributed by atoms with Gasteiger partial charge in [-0.05, 0) is 34.5 Å². The summed E-state index contributed by atoms with van der Waals surface area (Å²) in [5.41, 5.74) is 0.0244. The van der Waals surface area contributed by atoms with Crippen molar-refractivity contribution in [2.75, 3.05) is 0 Å². The molecule has 0 aromatic rings. The molecule has 1 N–H and O–H groups in total. The van der Waals surface area contributed by atoms with Gasteiger partial charge in [0.2, 0.25) is 0 Å². The first-order valence-electron chi connectivity index (χ1n) is 6.96. The maximum Gasteiger partial charge on any atom is 0.124 e. The molecule has 0 amide bonds. The summed E-state index contributed by atoms with van der Waals surface area (Å²) in [7, 11) is 0. The van der Waals surface area contributed by atoms with Crippen molar-refractivity contribution in [3.63, 3.8) is 0 Å². The summed E-state index contributed by atoms with van der Waals surface area (Å²) in [6.07, 6.45) is 0.146. The Bertz CT molecular complexity index is 560. The number of phenolic OH excluding ortho intramolecular Hbond substituents is 1. The van der Waals surface area contributed by atoms with Crippen molar-refractivity contribution in [3.05, 3.63) is 28.6 Å². The maximum absolute atomic E-state index is 10.6. The van der Waals surface area contributed by atoms with Gasteiger partial charge in [0, 0.05) is 11.2 Å². The Balaban J connectivity index is 0.000000233. The Kier molecular flexibility index (Phi) is 4.52. The lowest BCUT2D eigenvalue weighted by molar-refractivity contribution is -0.308. The third-order valence-corrected chi connectivity index (χ3v) is 3.77. The second-order valence-electron chi connectivity index (χ2n) is 7.59. The molecular formula is C17H25O3-. The van der Waals surface area contributed by atoms with Crippen LogP contribution in [0.2, 0.25) is 0 Å². The van der Waals surface area contributed by atoms with Crippen LogP contribution in [-0.2, 0) is 4.79 Å². The fourth-order valence-electron chi connectivity index (χ4n) is 2.85. The summed E-state index contributed by atoms with van der Waals surface area (Å²) in [6.45, 7) is 12.5. The molecule has 0 fully saturated rings. The van der Waals surface area contributed by atoms with E-state index in [0.717, 1.165) is 5.22 Å². The SMILES string of the molecule is CC(C)(C)C(CC(=O)[O-])C(C)(C)C.Oc1cc2ccc1=2. The number of aromatic hydroxyl groups is 1. The Morgan fingerprint density at radius 3 is 1.70 bits per heavy atom. The van der Waals surface area contributed by atoms with Crippen molar-refractivity contribution in [1.29, 1.82) is 0 Å². The molecule has 0 saturated carbocycles. The van der Waals surface area contributed by atoms with E-state index in [9.17, 15) is 9.90 Å². The van der Waals surface area contributed by atoms with Gasteiger partial charge >= 0.3 is 0 Å². The van der Waals surface area contributed by atoms with E-state index in [1.54, 1.807) is 6.07 Å². The van der Waals surface area contributed by atoms with Crippen LogP contribution in [0.25, 0.3) is 0 Å². The number of hydrogen-bond acceptors (Lipinski definition) is 3. The summed E-state index contributed by atoms with van der Waals surface area (Å²) >= 11 is 0. The highest BCUT2D eigenvalue weighted by atomic mass is 16.4. The number of carbonyl (C=O) groups excluding carboxylic acids is 1. The molecule has 3 heteroatoms. The molecule has 0 atom stereocenters. The number of rotatable bonds is 2. The number of carbonyl (C=O) groups is 1. The van der Waals surface area contributed by atoms with Gasteiger partial charge in [0.1, 0.15) is 5.75 Å². The number of carboxylic acid groups (broad SMARTS) is 1. The minimum atomic E-state index is -0.949. The van der Waals surface area contributed by atoms with Gasteiger partial charge in [0.05, 0.1) is 0 Å². The van der Waals surface area contributed by atoms with E-state index in [2.05, 4.69) is 41.5 Å². The molecular weight excluding hydrogens is 252 g/mol. The largest absolute Gasteiger partial charge is 0.550 e. The van der Waals surface area contributed by atoms with Gasteiger partial charge in [0.15, 0.2) is 0 Å². The van der Waals surface area contributed by atoms with Crippen molar-refractivity contribution in [3.8, 4) is 5.75 Å². The van der Waals surface area contributed by atoms with Crippen molar-refractivity contribution in [2.45, 2.75) is 48.0 Å². The van der Waals surface area contributed by atoms with Crippen LogP contribution in [0.5, 0.6) is 5.75 Å². The molecule has 3 nitrogen and oxygen atoms in total. The summed E-state index contributed by atoms with van der Waals surface area (Å²) < 4.78 is 0. The number of benzene rings is 1. The molecule has 0 saturated heterocycles. The zero-order chi connectivity index (χ0) is 15.7. The molecule has 0 aromatic carbocycles. The fraction of sp³-hybridized carbons (Fsp3) is 0.588. The lowest BCUT2D eigenvalue weighted by Crippen LogP contribution is -2.38. The molecule has 0 bridgehead atoms. The summed E-state index contributed by atoms with van der Waals surface area (Å²) in [6, 6.07) is 5.65. The van der Waals surface area contributed by atoms with Gasteiger partial charge < -0.3 is 15.0 Å². The minimum Gasteiger partial charge on any atom is -0.550 e. The van der Waals surface area contributed by atoms with E-state index in [4.69, 9.17) is 5.11 Å². The van der Waals surface area contributed by atoms with Gasteiger partial charge in [-0.3, -0.25) is 0 Å². The van der Waals surface area contributed by atoms with Crippen LogP contribution in [0, 0.1) is 27.2 Å². The first-order chi connectivity index (χ1) is 8.93. The lowest BCUT2D eigenvalue weighted by atomic mass is 9.65. The van der Waals surface area contributed by atoms with Crippen LogP contribution >= 0.6 is 0 Å². The highest BCUT2D eigenvalue weighted by Gasteiger charge is 2.34. The second kappa shape index (κ2) is 5.47. The Morgan fingerprint density at radius 1 is 1.15 bits per heavy atom. The average molecular weight is 277 g/mol. The number of aliphatic carboxylic acids is 1. The number of hydrogen-bond donors (Lipinski definition) is 1. The molecule has 0 aliphatic heterocycles. The zero-order valence-corrected chi connectivity index (χ0v) is 13.3. The second-order valence-corrected chi connectivity index (χ2v) is 7.59. The van der Waals surface area contributed by atoms with E-state index in [1.807, 2.05) is 12.1 Å². The van der Waals surface area contributed by atoms with Crippen LogP contribution in [0.4, 0.5) is 0 Å². The predicted octanol–water partition coefficient (Wildman–Crippen LogP) is 2.83. The van der Waals surface area contributed by atoms with E-state index in [1.165, 1.54) is 5.22 Å². The highest BCUT2D eigenvalue weighted by Crippen LogP contribution is 2.41. The van der Waals surface area contributed by atoms with Crippen LogP contribution in [0.15, 0.2) is 18.2 Å². The Morgan fingerprint density at radius 2 is 1.65 bits per heavy atom. The van der Waals surface area contributed by atoms with Crippen molar-refractivity contribution in [2.24, 2.45) is 16.7 Å². The standard InChI is InChI=1S/C11H22O2.C6H4O/c1-10(2,3)8(7-9(12)13)11(4,5)6;7-6-3-4-1-2-5(4)6/h8H,7H2,1-6H3,(H,12,13);1-3,7H/p-1. The molecule has 2 aliphatic carbocycles. The van der Waals surface area contributed by atoms with Gasteiger partial charge in [-0.2, -0.15) is 0 Å². The van der Waals surface area contributed by atoms with Gasteiger partial charge in [-0.25, -0.2) is 0 Å². The zero-order valence-electron chi connectivity index (χ0n) is 13.3. The van der Waals surface area contributed by atoms with Crippen molar-refractivity contribution < 1.29 is 15.0 Å². The van der Waals surface area contributed by atoms with E-state index in [0.29, 0.717) is 5.75 Å². The fourth-order valence-corrected chi connectivity index (χ4v) is 2.85. The Labute approximate surface area is 121 Å². The molecule has 0 spiro atoms. The molecule has 0 radical (unpaired) electrons. The van der Waals surface area contributed by atoms with Crippen LogP contribution in [0.1, 0.15) is 48.0 Å². The molecule has 0 heterocycles. The third kappa shape index (κ3) is 3.99. The molecule has 2 aliphatic rings. The van der Waals surface area contributed by atoms with Crippen molar-refractivity contribution in [1.82, 2.24) is 0 Å². The molecule has 20 heavy (non-hydrogen) atoms. The monoisotopic (exact) mass is 277 g/mol. The summed E-state index contributed by atoms with van der Waals surface area (Å²) in [5.74, 6) is -0.364. The topological polar surface area (TPSA) is 60.4 Å². The van der Waals surface area contributed by atoms with Gasteiger partial charge in [0.25, 0.3) is 0 Å². The highest BCUT2D eigenvalue weighted by molar-refractivity contribution is 5.64. The smallest absolute Gasteiger partial charge is 0.124 e.